The summed E-state index contributed by atoms with van der Waals surface area (Å²) in [6.45, 7) is 0.128. The van der Waals surface area contributed by atoms with Gasteiger partial charge in [-0.2, -0.15) is 5.26 Å². The summed E-state index contributed by atoms with van der Waals surface area (Å²) in [6, 6.07) is 7.67. The van der Waals surface area contributed by atoms with Crippen LogP contribution in [0.2, 0.25) is 5.02 Å². The third-order valence-electron chi connectivity index (χ3n) is 2.89. The van der Waals surface area contributed by atoms with E-state index in [1.807, 2.05) is 18.4 Å². The summed E-state index contributed by atoms with van der Waals surface area (Å²) in [6.07, 6.45) is 3.91. The SMILES string of the molecule is CSc1ccc(Cl)c(C(=O)N(CC#N)C2CC2)c1. The molecule has 0 aromatic heterocycles. The fourth-order valence-corrected chi connectivity index (χ4v) is 2.42. The molecule has 18 heavy (non-hydrogen) atoms. The molecule has 0 spiro atoms. The quantitative estimate of drug-likeness (QED) is 0.628. The highest BCUT2D eigenvalue weighted by atomic mass is 35.5. The first-order valence-corrected chi connectivity index (χ1v) is 7.29. The maximum Gasteiger partial charge on any atom is 0.256 e. The number of carbonyl (C=O) groups excluding carboxylic acids is 1. The largest absolute Gasteiger partial charge is 0.322 e. The van der Waals surface area contributed by atoms with E-state index in [4.69, 9.17) is 16.9 Å². The van der Waals surface area contributed by atoms with Gasteiger partial charge in [-0.3, -0.25) is 4.79 Å². The van der Waals surface area contributed by atoms with Gasteiger partial charge in [-0.1, -0.05) is 11.6 Å². The van der Waals surface area contributed by atoms with Crippen LogP contribution in [0.25, 0.3) is 0 Å². The zero-order chi connectivity index (χ0) is 13.1. The van der Waals surface area contributed by atoms with Gasteiger partial charge in [-0.25, -0.2) is 0 Å². The Balaban J connectivity index is 2.28. The molecule has 0 N–H and O–H groups in total. The molecule has 0 saturated heterocycles. The molecular formula is C13H13ClN2OS. The van der Waals surface area contributed by atoms with Gasteiger partial charge in [0.1, 0.15) is 6.54 Å². The molecule has 1 aliphatic carbocycles. The molecule has 0 aliphatic heterocycles. The number of hydrogen-bond acceptors (Lipinski definition) is 3. The Morgan fingerprint density at radius 2 is 2.33 bits per heavy atom. The molecule has 1 aliphatic rings. The van der Waals surface area contributed by atoms with Crippen LogP contribution in [-0.2, 0) is 0 Å². The van der Waals surface area contributed by atoms with E-state index >= 15 is 0 Å². The molecule has 0 atom stereocenters. The van der Waals surface area contributed by atoms with Crippen LogP contribution in [0.1, 0.15) is 23.2 Å². The fourth-order valence-electron chi connectivity index (χ4n) is 1.78. The van der Waals surface area contributed by atoms with Crippen molar-refractivity contribution in [2.75, 3.05) is 12.8 Å². The van der Waals surface area contributed by atoms with Gasteiger partial charge in [0.2, 0.25) is 0 Å². The van der Waals surface area contributed by atoms with Crippen LogP contribution in [0.4, 0.5) is 0 Å². The smallest absolute Gasteiger partial charge is 0.256 e. The van der Waals surface area contributed by atoms with Gasteiger partial charge in [0, 0.05) is 10.9 Å². The van der Waals surface area contributed by atoms with Crippen molar-refractivity contribution in [3.8, 4) is 6.07 Å². The van der Waals surface area contributed by atoms with Crippen LogP contribution in [0.15, 0.2) is 23.1 Å². The Labute approximate surface area is 116 Å². The summed E-state index contributed by atoms with van der Waals surface area (Å²) in [5.41, 5.74) is 0.491. The predicted molar refractivity (Wildman–Crippen MR) is 72.9 cm³/mol. The molecule has 1 amide bonds. The number of benzene rings is 1. The molecule has 0 unspecified atom stereocenters. The molecule has 1 aromatic carbocycles. The summed E-state index contributed by atoms with van der Waals surface area (Å²) in [7, 11) is 0. The van der Waals surface area contributed by atoms with E-state index in [2.05, 4.69) is 0 Å². The Hall–Kier alpha value is -1.18. The van der Waals surface area contributed by atoms with Crippen LogP contribution in [-0.4, -0.2) is 29.6 Å². The van der Waals surface area contributed by atoms with Crippen LogP contribution in [0.3, 0.4) is 0 Å². The van der Waals surface area contributed by atoms with Crippen molar-refractivity contribution in [3.05, 3.63) is 28.8 Å². The summed E-state index contributed by atoms with van der Waals surface area (Å²) in [4.78, 5) is 15.0. The van der Waals surface area contributed by atoms with Gasteiger partial charge in [-0.15, -0.1) is 11.8 Å². The molecule has 3 nitrogen and oxygen atoms in total. The van der Waals surface area contributed by atoms with Crippen LogP contribution >= 0.6 is 23.4 Å². The standard InChI is InChI=1S/C13H13ClN2OS/c1-18-10-4-5-12(14)11(8-10)13(17)16(7-6-15)9-2-3-9/h4-5,8-9H,2-3,7H2,1H3. The third kappa shape index (κ3) is 2.80. The maximum absolute atomic E-state index is 12.4. The van der Waals surface area contributed by atoms with E-state index in [-0.39, 0.29) is 18.5 Å². The second kappa shape index (κ2) is 5.64. The molecule has 2 rings (SSSR count). The van der Waals surface area contributed by atoms with Gasteiger partial charge >= 0.3 is 0 Å². The van der Waals surface area contributed by atoms with Gasteiger partial charge in [0.15, 0.2) is 0 Å². The van der Waals surface area contributed by atoms with Crippen LogP contribution in [0, 0.1) is 11.3 Å². The average molecular weight is 281 g/mol. The van der Waals surface area contributed by atoms with Crippen molar-refractivity contribution in [2.45, 2.75) is 23.8 Å². The predicted octanol–water partition coefficient (Wildman–Crippen LogP) is 3.19. The first kappa shape index (κ1) is 13.3. The number of carbonyl (C=O) groups is 1. The maximum atomic E-state index is 12.4. The van der Waals surface area contributed by atoms with E-state index in [0.29, 0.717) is 10.6 Å². The summed E-state index contributed by atoms with van der Waals surface area (Å²) >= 11 is 7.64. The average Bonchev–Trinajstić information content (AvgIpc) is 3.20. The molecule has 1 aromatic rings. The molecule has 1 fully saturated rings. The van der Waals surface area contributed by atoms with E-state index in [0.717, 1.165) is 17.7 Å². The Morgan fingerprint density at radius 1 is 1.61 bits per heavy atom. The molecule has 0 radical (unpaired) electrons. The number of thioether (sulfide) groups is 1. The molecule has 5 heteroatoms. The Bertz CT molecular complexity index is 508. The molecule has 94 valence electrons. The highest BCUT2D eigenvalue weighted by Gasteiger charge is 2.33. The first-order chi connectivity index (χ1) is 8.67. The van der Waals surface area contributed by atoms with Crippen molar-refractivity contribution in [2.24, 2.45) is 0 Å². The van der Waals surface area contributed by atoms with Crippen molar-refractivity contribution in [1.82, 2.24) is 4.90 Å². The molecule has 0 heterocycles. The van der Waals surface area contributed by atoms with Gasteiger partial charge in [0.05, 0.1) is 16.7 Å². The summed E-state index contributed by atoms with van der Waals surface area (Å²) in [5, 5.41) is 9.24. The minimum Gasteiger partial charge on any atom is -0.322 e. The number of amides is 1. The van der Waals surface area contributed by atoms with Gasteiger partial charge < -0.3 is 4.90 Å². The second-order valence-corrected chi connectivity index (χ2v) is 5.45. The topological polar surface area (TPSA) is 44.1 Å². The molecule has 0 bridgehead atoms. The summed E-state index contributed by atoms with van der Waals surface area (Å²) in [5.74, 6) is -0.139. The lowest BCUT2D eigenvalue weighted by atomic mass is 10.2. The highest BCUT2D eigenvalue weighted by molar-refractivity contribution is 7.98. The van der Waals surface area contributed by atoms with E-state index < -0.39 is 0 Å². The van der Waals surface area contributed by atoms with E-state index in [1.165, 1.54) is 0 Å². The van der Waals surface area contributed by atoms with E-state index in [1.54, 1.807) is 28.8 Å². The van der Waals surface area contributed by atoms with Crippen molar-refractivity contribution >= 4 is 29.3 Å². The normalized spacial score (nSPS) is 14.1. The van der Waals surface area contributed by atoms with Gasteiger partial charge in [-0.05, 0) is 37.3 Å². The fraction of sp³-hybridized carbons (Fsp3) is 0.385. The molecule has 1 saturated carbocycles. The number of rotatable bonds is 4. The Kier molecular flexibility index (Phi) is 4.15. The number of halogens is 1. The minimum atomic E-state index is -0.139. The first-order valence-electron chi connectivity index (χ1n) is 5.69. The third-order valence-corrected chi connectivity index (χ3v) is 3.95. The zero-order valence-corrected chi connectivity index (χ0v) is 11.6. The van der Waals surface area contributed by atoms with Crippen molar-refractivity contribution < 1.29 is 4.79 Å². The monoisotopic (exact) mass is 280 g/mol. The summed E-state index contributed by atoms with van der Waals surface area (Å²) < 4.78 is 0. The lowest BCUT2D eigenvalue weighted by Gasteiger charge is -2.19. The number of nitriles is 1. The van der Waals surface area contributed by atoms with Gasteiger partial charge in [0.25, 0.3) is 5.91 Å². The number of nitrogens with zero attached hydrogens (tertiary/aromatic N) is 2. The van der Waals surface area contributed by atoms with Crippen LogP contribution in [0.5, 0.6) is 0 Å². The Morgan fingerprint density at radius 3 is 2.89 bits per heavy atom. The second-order valence-electron chi connectivity index (χ2n) is 4.17. The van der Waals surface area contributed by atoms with Crippen molar-refractivity contribution in [3.63, 3.8) is 0 Å². The van der Waals surface area contributed by atoms with E-state index in [9.17, 15) is 4.79 Å². The zero-order valence-electron chi connectivity index (χ0n) is 10.0. The number of hydrogen-bond donors (Lipinski definition) is 0. The lowest BCUT2D eigenvalue weighted by molar-refractivity contribution is 0.0765. The van der Waals surface area contributed by atoms with Crippen LogP contribution < -0.4 is 0 Å². The minimum absolute atomic E-state index is 0.128. The van der Waals surface area contributed by atoms with Crippen molar-refractivity contribution in [1.29, 1.82) is 5.26 Å². The highest BCUT2D eigenvalue weighted by Crippen LogP contribution is 2.30. The molecular weight excluding hydrogens is 268 g/mol. The lowest BCUT2D eigenvalue weighted by Crippen LogP contribution is -2.33.